The van der Waals surface area contributed by atoms with Crippen molar-refractivity contribution in [2.24, 2.45) is 5.73 Å². The van der Waals surface area contributed by atoms with Crippen LogP contribution in [0, 0.1) is 0 Å². The Morgan fingerprint density at radius 3 is 2.71 bits per heavy atom. The molecule has 1 heterocycles. The zero-order valence-corrected chi connectivity index (χ0v) is 13.2. The molecule has 0 radical (unpaired) electrons. The number of nitrogens with zero attached hydrogens (tertiary/aromatic N) is 1. The molecule has 0 amide bonds. The number of anilines is 1. The Labute approximate surface area is 134 Å². The maximum atomic E-state index is 6.36. The molecule has 2 aromatic carbocycles. The van der Waals surface area contributed by atoms with Gasteiger partial charge in [0.2, 0.25) is 0 Å². The summed E-state index contributed by atoms with van der Waals surface area (Å²) >= 11 is 12.5. The predicted octanol–water partition coefficient (Wildman–Crippen LogP) is 4.02. The summed E-state index contributed by atoms with van der Waals surface area (Å²) in [4.78, 5) is 2.21. The first-order chi connectivity index (χ1) is 10.2. The third kappa shape index (κ3) is 2.35. The minimum absolute atomic E-state index is 0.0751. The number of benzene rings is 2. The van der Waals surface area contributed by atoms with Crippen molar-refractivity contribution >= 4 is 28.9 Å². The Kier molecular flexibility index (Phi) is 3.98. The summed E-state index contributed by atoms with van der Waals surface area (Å²) in [6, 6.07) is 11.8. The molecule has 5 heteroatoms. The number of fused-ring (bicyclic) bond motifs is 1. The van der Waals surface area contributed by atoms with Crippen LogP contribution in [-0.2, 0) is 6.54 Å². The summed E-state index contributed by atoms with van der Waals surface area (Å²) in [6.45, 7) is 1.18. The zero-order valence-electron chi connectivity index (χ0n) is 11.6. The first-order valence-electron chi connectivity index (χ1n) is 6.74. The van der Waals surface area contributed by atoms with Gasteiger partial charge in [0, 0.05) is 13.1 Å². The van der Waals surface area contributed by atoms with E-state index in [1.54, 1.807) is 7.11 Å². The minimum atomic E-state index is 0.0751. The third-order valence-electron chi connectivity index (χ3n) is 3.91. The number of rotatable bonds is 3. The summed E-state index contributed by atoms with van der Waals surface area (Å²) in [5.41, 5.74) is 9.19. The van der Waals surface area contributed by atoms with Crippen LogP contribution in [-0.4, -0.2) is 13.7 Å². The quantitative estimate of drug-likeness (QED) is 0.927. The molecular formula is C16H16Cl2N2O. The summed E-state index contributed by atoms with van der Waals surface area (Å²) in [5.74, 6) is 0.825. The summed E-state index contributed by atoms with van der Waals surface area (Å²) in [6.07, 6.45) is 0. The van der Waals surface area contributed by atoms with Crippen molar-refractivity contribution in [2.45, 2.75) is 12.6 Å². The van der Waals surface area contributed by atoms with E-state index in [2.05, 4.69) is 4.90 Å². The van der Waals surface area contributed by atoms with E-state index >= 15 is 0 Å². The van der Waals surface area contributed by atoms with Crippen LogP contribution in [0.25, 0.3) is 0 Å². The molecule has 1 atom stereocenters. The minimum Gasteiger partial charge on any atom is -0.495 e. The number of hydrogen-bond acceptors (Lipinski definition) is 3. The van der Waals surface area contributed by atoms with Crippen LogP contribution in [0.15, 0.2) is 36.4 Å². The van der Waals surface area contributed by atoms with Crippen LogP contribution in [0.2, 0.25) is 10.0 Å². The highest BCUT2D eigenvalue weighted by Gasteiger charge is 2.32. The van der Waals surface area contributed by atoms with Crippen molar-refractivity contribution in [3.63, 3.8) is 0 Å². The molecule has 0 aliphatic carbocycles. The van der Waals surface area contributed by atoms with Gasteiger partial charge in [0.15, 0.2) is 0 Å². The van der Waals surface area contributed by atoms with Gasteiger partial charge in [0.1, 0.15) is 5.75 Å². The van der Waals surface area contributed by atoms with E-state index in [4.69, 9.17) is 33.7 Å². The van der Waals surface area contributed by atoms with Crippen LogP contribution in [0.1, 0.15) is 17.2 Å². The van der Waals surface area contributed by atoms with Gasteiger partial charge in [-0.25, -0.2) is 0 Å². The average Bonchev–Trinajstić information content (AvgIpc) is 2.90. The predicted molar refractivity (Wildman–Crippen MR) is 87.4 cm³/mol. The second kappa shape index (κ2) is 5.76. The van der Waals surface area contributed by atoms with Gasteiger partial charge in [0.05, 0.1) is 28.9 Å². The van der Waals surface area contributed by atoms with Gasteiger partial charge in [0.25, 0.3) is 0 Å². The molecule has 0 aromatic heterocycles. The van der Waals surface area contributed by atoms with Crippen LogP contribution in [0.4, 0.5) is 5.69 Å². The van der Waals surface area contributed by atoms with Crippen molar-refractivity contribution in [3.05, 3.63) is 57.6 Å². The second-order valence-electron chi connectivity index (χ2n) is 4.98. The molecule has 0 bridgehead atoms. The van der Waals surface area contributed by atoms with Gasteiger partial charge >= 0.3 is 0 Å². The summed E-state index contributed by atoms with van der Waals surface area (Å²) in [7, 11) is 1.67. The fourth-order valence-electron chi connectivity index (χ4n) is 2.90. The smallest absolute Gasteiger partial charge is 0.142 e. The molecule has 2 N–H and O–H groups in total. The molecule has 0 spiro atoms. The van der Waals surface area contributed by atoms with Gasteiger partial charge in [-0.3, -0.25) is 0 Å². The molecule has 0 saturated heterocycles. The molecule has 2 aromatic rings. The van der Waals surface area contributed by atoms with E-state index in [0.717, 1.165) is 22.6 Å². The van der Waals surface area contributed by atoms with Crippen molar-refractivity contribution in [1.82, 2.24) is 0 Å². The Balaban J connectivity index is 2.08. The van der Waals surface area contributed by atoms with E-state index in [0.29, 0.717) is 23.1 Å². The third-order valence-corrected chi connectivity index (χ3v) is 4.76. The van der Waals surface area contributed by atoms with Gasteiger partial charge < -0.3 is 15.4 Å². The van der Waals surface area contributed by atoms with Gasteiger partial charge in [-0.15, -0.1) is 0 Å². The van der Waals surface area contributed by atoms with Crippen molar-refractivity contribution < 1.29 is 4.74 Å². The molecule has 1 unspecified atom stereocenters. The Morgan fingerprint density at radius 1 is 1.24 bits per heavy atom. The van der Waals surface area contributed by atoms with Crippen LogP contribution >= 0.6 is 23.2 Å². The Morgan fingerprint density at radius 2 is 2.00 bits per heavy atom. The van der Waals surface area contributed by atoms with Gasteiger partial charge in [-0.2, -0.15) is 0 Å². The van der Waals surface area contributed by atoms with E-state index in [1.807, 2.05) is 36.4 Å². The van der Waals surface area contributed by atoms with Crippen LogP contribution in [0.5, 0.6) is 5.75 Å². The molecule has 21 heavy (non-hydrogen) atoms. The first-order valence-corrected chi connectivity index (χ1v) is 7.49. The van der Waals surface area contributed by atoms with Crippen LogP contribution < -0.4 is 15.4 Å². The summed E-state index contributed by atoms with van der Waals surface area (Å²) in [5, 5.41) is 1.19. The first kappa shape index (κ1) is 14.5. The van der Waals surface area contributed by atoms with Crippen molar-refractivity contribution in [2.75, 3.05) is 18.6 Å². The lowest BCUT2D eigenvalue weighted by Gasteiger charge is -2.27. The fourth-order valence-corrected chi connectivity index (χ4v) is 3.31. The van der Waals surface area contributed by atoms with Crippen molar-refractivity contribution in [3.8, 4) is 5.75 Å². The highest BCUT2D eigenvalue weighted by molar-refractivity contribution is 6.42. The molecule has 3 rings (SSSR count). The van der Waals surface area contributed by atoms with Crippen molar-refractivity contribution in [1.29, 1.82) is 0 Å². The molecule has 110 valence electrons. The standard InChI is InChI=1S/C16H16Cl2N2O/c1-21-15-5-3-2-4-13(15)20-9-11-10(14(20)8-19)6-7-12(17)16(11)18/h2-7,14H,8-9,19H2,1H3. The topological polar surface area (TPSA) is 38.5 Å². The lowest BCUT2D eigenvalue weighted by molar-refractivity contribution is 0.413. The molecule has 0 fully saturated rings. The number of halogens is 2. The lowest BCUT2D eigenvalue weighted by Crippen LogP contribution is -2.27. The van der Waals surface area contributed by atoms with E-state index in [-0.39, 0.29) is 6.04 Å². The Bertz CT molecular complexity index is 675. The maximum absolute atomic E-state index is 6.36. The average molecular weight is 323 g/mol. The molecular weight excluding hydrogens is 307 g/mol. The second-order valence-corrected chi connectivity index (χ2v) is 5.77. The highest BCUT2D eigenvalue weighted by Crippen LogP contribution is 2.44. The number of hydrogen-bond donors (Lipinski definition) is 1. The number of para-hydroxylation sites is 2. The highest BCUT2D eigenvalue weighted by atomic mass is 35.5. The molecule has 0 saturated carbocycles. The zero-order chi connectivity index (χ0) is 15.0. The number of ether oxygens (including phenoxy) is 1. The molecule has 1 aliphatic heterocycles. The van der Waals surface area contributed by atoms with E-state index < -0.39 is 0 Å². The van der Waals surface area contributed by atoms with E-state index in [9.17, 15) is 0 Å². The fraction of sp³-hybridized carbons (Fsp3) is 0.250. The number of methoxy groups -OCH3 is 1. The Hall–Kier alpha value is -1.42. The number of nitrogens with two attached hydrogens (primary N) is 1. The largest absolute Gasteiger partial charge is 0.495 e. The SMILES string of the molecule is COc1ccccc1N1Cc2c(ccc(Cl)c2Cl)C1CN. The normalized spacial score (nSPS) is 17.0. The van der Waals surface area contributed by atoms with Crippen LogP contribution in [0.3, 0.4) is 0 Å². The molecule has 3 nitrogen and oxygen atoms in total. The monoisotopic (exact) mass is 322 g/mol. The van der Waals surface area contributed by atoms with Gasteiger partial charge in [-0.1, -0.05) is 41.4 Å². The van der Waals surface area contributed by atoms with Gasteiger partial charge in [-0.05, 0) is 29.3 Å². The lowest BCUT2D eigenvalue weighted by atomic mass is 10.0. The molecule has 1 aliphatic rings. The van der Waals surface area contributed by atoms with E-state index in [1.165, 1.54) is 0 Å². The maximum Gasteiger partial charge on any atom is 0.142 e. The summed E-state index contributed by atoms with van der Waals surface area (Å²) < 4.78 is 5.46.